The van der Waals surface area contributed by atoms with Crippen molar-refractivity contribution in [3.05, 3.63) is 34.0 Å². The van der Waals surface area contributed by atoms with Gasteiger partial charge in [-0.1, -0.05) is 42.9 Å². The summed E-state index contributed by atoms with van der Waals surface area (Å²) in [6.07, 6.45) is 0. The van der Waals surface area contributed by atoms with Crippen molar-refractivity contribution in [1.29, 1.82) is 0 Å². The Hall–Kier alpha value is -1.04. The van der Waals surface area contributed by atoms with Gasteiger partial charge in [0.1, 0.15) is 5.01 Å². The van der Waals surface area contributed by atoms with Crippen LogP contribution in [0.15, 0.2) is 18.2 Å². The van der Waals surface area contributed by atoms with E-state index in [1.54, 1.807) is 12.1 Å². The lowest BCUT2D eigenvalue weighted by Crippen LogP contribution is -2.18. The summed E-state index contributed by atoms with van der Waals surface area (Å²) < 4.78 is 13.8. The zero-order valence-corrected chi connectivity index (χ0v) is 12.4. The highest BCUT2D eigenvalue weighted by atomic mass is 35.5. The molecule has 0 atom stereocenters. The zero-order valence-electron chi connectivity index (χ0n) is 10.8. The van der Waals surface area contributed by atoms with Crippen LogP contribution >= 0.6 is 22.9 Å². The van der Waals surface area contributed by atoms with Crippen LogP contribution in [0.25, 0.3) is 10.6 Å². The summed E-state index contributed by atoms with van der Waals surface area (Å²) in [5.74, 6) is 0.139. The summed E-state index contributed by atoms with van der Waals surface area (Å²) in [5.41, 5.74) is 0.403. The number of nitrogens with zero attached hydrogens (tertiary/aromatic N) is 2. The summed E-state index contributed by atoms with van der Waals surface area (Å²) in [5, 5.41) is 12.9. The van der Waals surface area contributed by atoms with Gasteiger partial charge >= 0.3 is 0 Å². The Kier molecular flexibility index (Phi) is 4.85. The third kappa shape index (κ3) is 3.72. The van der Waals surface area contributed by atoms with Gasteiger partial charge in [-0.25, -0.2) is 4.39 Å². The zero-order chi connectivity index (χ0) is 13.8. The van der Waals surface area contributed by atoms with E-state index in [0.29, 0.717) is 23.0 Å². The Morgan fingerprint density at radius 3 is 2.89 bits per heavy atom. The number of nitrogens with one attached hydrogen (secondary N) is 1. The summed E-state index contributed by atoms with van der Waals surface area (Å²) in [7, 11) is 0. The molecule has 0 unspecified atom stereocenters. The fourth-order valence-electron chi connectivity index (χ4n) is 1.57. The van der Waals surface area contributed by atoms with Crippen molar-refractivity contribution in [2.24, 2.45) is 5.92 Å². The van der Waals surface area contributed by atoms with Crippen LogP contribution in [-0.4, -0.2) is 16.7 Å². The van der Waals surface area contributed by atoms with Gasteiger partial charge in [-0.15, -0.1) is 10.2 Å². The van der Waals surface area contributed by atoms with Crippen LogP contribution < -0.4 is 5.32 Å². The molecule has 102 valence electrons. The molecule has 1 N–H and O–H groups in total. The minimum atomic E-state index is -0.443. The molecule has 2 aromatic rings. The second-order valence-electron chi connectivity index (χ2n) is 4.63. The van der Waals surface area contributed by atoms with Crippen LogP contribution in [0.3, 0.4) is 0 Å². The molecule has 0 radical (unpaired) electrons. The van der Waals surface area contributed by atoms with Crippen LogP contribution in [0.4, 0.5) is 4.39 Å². The topological polar surface area (TPSA) is 37.8 Å². The third-order valence-electron chi connectivity index (χ3n) is 2.48. The van der Waals surface area contributed by atoms with Crippen molar-refractivity contribution in [3.8, 4) is 10.6 Å². The second kappa shape index (κ2) is 6.41. The summed E-state index contributed by atoms with van der Waals surface area (Å²) >= 11 is 7.14. The lowest BCUT2D eigenvalue weighted by atomic mass is 10.2. The molecular formula is C13H15ClFN3S. The first-order valence-electron chi connectivity index (χ1n) is 6.05. The standard InChI is InChI=1S/C13H15ClFN3S/c1-8(2)6-16-7-11-17-18-13(19-11)9-4-3-5-10(14)12(9)15/h3-5,8,16H,6-7H2,1-2H3. The lowest BCUT2D eigenvalue weighted by Gasteiger charge is -2.04. The quantitative estimate of drug-likeness (QED) is 0.914. The maximum absolute atomic E-state index is 13.8. The molecule has 1 aromatic carbocycles. The van der Waals surface area contributed by atoms with E-state index in [1.807, 2.05) is 0 Å². The Morgan fingerprint density at radius 1 is 1.37 bits per heavy atom. The molecule has 0 saturated carbocycles. The van der Waals surface area contributed by atoms with Crippen LogP contribution in [0.5, 0.6) is 0 Å². The fraction of sp³-hybridized carbons (Fsp3) is 0.385. The Morgan fingerprint density at radius 2 is 2.16 bits per heavy atom. The third-order valence-corrected chi connectivity index (χ3v) is 3.73. The van der Waals surface area contributed by atoms with Gasteiger partial charge in [0.15, 0.2) is 10.8 Å². The van der Waals surface area contributed by atoms with E-state index in [-0.39, 0.29) is 5.02 Å². The molecule has 0 fully saturated rings. The molecule has 1 heterocycles. The summed E-state index contributed by atoms with van der Waals surface area (Å²) in [6.45, 7) is 5.85. The van der Waals surface area contributed by atoms with Gasteiger partial charge in [-0.3, -0.25) is 0 Å². The predicted octanol–water partition coefficient (Wildman–Crippen LogP) is 3.74. The van der Waals surface area contributed by atoms with E-state index >= 15 is 0 Å². The van der Waals surface area contributed by atoms with Gasteiger partial charge < -0.3 is 5.32 Å². The van der Waals surface area contributed by atoms with Gasteiger partial charge in [0.05, 0.1) is 5.02 Å². The SMILES string of the molecule is CC(C)CNCc1nnc(-c2cccc(Cl)c2F)s1. The van der Waals surface area contributed by atoms with E-state index in [0.717, 1.165) is 11.6 Å². The van der Waals surface area contributed by atoms with Gasteiger partial charge in [-0.05, 0) is 24.6 Å². The minimum Gasteiger partial charge on any atom is -0.310 e. The highest BCUT2D eigenvalue weighted by Crippen LogP contribution is 2.29. The minimum absolute atomic E-state index is 0.104. The van der Waals surface area contributed by atoms with E-state index in [4.69, 9.17) is 11.6 Å². The number of aromatic nitrogens is 2. The van der Waals surface area contributed by atoms with Crippen molar-refractivity contribution in [1.82, 2.24) is 15.5 Å². The molecule has 0 amide bonds. The number of benzene rings is 1. The number of hydrogen-bond donors (Lipinski definition) is 1. The van der Waals surface area contributed by atoms with Crippen LogP contribution in [0, 0.1) is 11.7 Å². The van der Waals surface area contributed by atoms with E-state index in [1.165, 1.54) is 17.4 Å². The average molecular weight is 300 g/mol. The van der Waals surface area contributed by atoms with Crippen molar-refractivity contribution in [2.45, 2.75) is 20.4 Å². The normalized spacial score (nSPS) is 11.2. The molecule has 6 heteroatoms. The Bertz CT molecular complexity index is 557. The highest BCUT2D eigenvalue weighted by Gasteiger charge is 2.13. The largest absolute Gasteiger partial charge is 0.310 e. The van der Waals surface area contributed by atoms with Crippen molar-refractivity contribution < 1.29 is 4.39 Å². The van der Waals surface area contributed by atoms with Crippen LogP contribution in [-0.2, 0) is 6.54 Å². The Labute approximate surface area is 120 Å². The molecule has 19 heavy (non-hydrogen) atoms. The predicted molar refractivity (Wildman–Crippen MR) is 76.9 cm³/mol. The van der Waals surface area contributed by atoms with Crippen LogP contribution in [0.2, 0.25) is 5.02 Å². The number of rotatable bonds is 5. The first-order chi connectivity index (χ1) is 9.08. The molecule has 2 rings (SSSR count). The lowest BCUT2D eigenvalue weighted by molar-refractivity contribution is 0.550. The van der Waals surface area contributed by atoms with Crippen molar-refractivity contribution >= 4 is 22.9 Å². The van der Waals surface area contributed by atoms with E-state index in [9.17, 15) is 4.39 Å². The average Bonchev–Trinajstić information content (AvgIpc) is 2.81. The monoisotopic (exact) mass is 299 g/mol. The van der Waals surface area contributed by atoms with E-state index < -0.39 is 5.82 Å². The molecule has 0 aliphatic rings. The second-order valence-corrected chi connectivity index (χ2v) is 6.10. The van der Waals surface area contributed by atoms with Gasteiger partial charge in [0.2, 0.25) is 0 Å². The molecule has 0 spiro atoms. The first kappa shape index (κ1) is 14.4. The molecule has 0 saturated heterocycles. The number of halogens is 2. The molecule has 0 aliphatic carbocycles. The maximum atomic E-state index is 13.8. The van der Waals surface area contributed by atoms with Crippen molar-refractivity contribution in [3.63, 3.8) is 0 Å². The molecular weight excluding hydrogens is 285 g/mol. The van der Waals surface area contributed by atoms with Gasteiger partial charge in [-0.2, -0.15) is 0 Å². The molecule has 0 aliphatic heterocycles. The van der Waals surface area contributed by atoms with E-state index in [2.05, 4.69) is 29.4 Å². The highest BCUT2D eigenvalue weighted by molar-refractivity contribution is 7.14. The Balaban J connectivity index is 2.10. The first-order valence-corrected chi connectivity index (χ1v) is 7.25. The van der Waals surface area contributed by atoms with Crippen molar-refractivity contribution in [2.75, 3.05) is 6.54 Å². The van der Waals surface area contributed by atoms with Gasteiger partial charge in [0.25, 0.3) is 0 Å². The number of hydrogen-bond acceptors (Lipinski definition) is 4. The smallest absolute Gasteiger partial charge is 0.152 e. The van der Waals surface area contributed by atoms with Gasteiger partial charge in [0, 0.05) is 12.1 Å². The molecule has 3 nitrogen and oxygen atoms in total. The van der Waals surface area contributed by atoms with Crippen LogP contribution in [0.1, 0.15) is 18.9 Å². The fourth-order valence-corrected chi connectivity index (χ4v) is 2.57. The summed E-state index contributed by atoms with van der Waals surface area (Å²) in [4.78, 5) is 0. The summed E-state index contributed by atoms with van der Waals surface area (Å²) in [6, 6.07) is 4.89. The molecule has 1 aromatic heterocycles. The molecule has 0 bridgehead atoms. The maximum Gasteiger partial charge on any atom is 0.152 e.